The highest BCUT2D eigenvalue weighted by atomic mass is 28.4. The molecule has 0 saturated carbocycles. The number of epoxide rings is 1. The summed E-state index contributed by atoms with van der Waals surface area (Å²) in [6.45, 7) is 24.2. The Hall–Kier alpha value is 0.314. The molecule has 0 radical (unpaired) electrons. The molecule has 0 aromatic carbocycles. The highest BCUT2D eigenvalue weighted by molar-refractivity contribution is 6.74. The first-order valence-corrected chi connectivity index (χ1v) is 13.9. The minimum Gasteiger partial charge on any atom is -0.414 e. The normalized spacial score (nSPS) is 24.3. The van der Waals surface area contributed by atoms with E-state index in [2.05, 4.69) is 67.7 Å². The van der Waals surface area contributed by atoms with Crippen molar-refractivity contribution in [3.8, 4) is 0 Å². The van der Waals surface area contributed by atoms with Gasteiger partial charge in [0.1, 0.15) is 12.2 Å². The maximum absolute atomic E-state index is 6.22. The maximum atomic E-state index is 6.22. The molecule has 1 rings (SSSR count). The minimum absolute atomic E-state index is 0.240. The van der Waals surface area contributed by atoms with E-state index in [1.165, 1.54) is 0 Å². The smallest absolute Gasteiger partial charge is 0.192 e. The van der Waals surface area contributed by atoms with Gasteiger partial charge in [-0.25, -0.2) is 0 Å². The molecular weight excluding hydrogens is 296 g/mol. The highest BCUT2D eigenvalue weighted by Crippen LogP contribution is 2.39. The van der Waals surface area contributed by atoms with E-state index in [1.54, 1.807) is 0 Å². The molecule has 0 aromatic heterocycles. The van der Waals surface area contributed by atoms with Crippen LogP contribution in [0, 0.1) is 0 Å². The predicted octanol–water partition coefficient (Wildman–Crippen LogP) is 4.80. The zero-order chi connectivity index (χ0) is 16.7. The van der Waals surface area contributed by atoms with E-state index in [1.807, 2.05) is 0 Å². The van der Waals surface area contributed by atoms with Gasteiger partial charge in [-0.1, -0.05) is 41.5 Å². The molecule has 0 unspecified atom stereocenters. The molecule has 126 valence electrons. The number of hydrogen-bond acceptors (Lipinski definition) is 3. The lowest BCUT2D eigenvalue weighted by atomic mass is 10.2. The van der Waals surface area contributed by atoms with E-state index >= 15 is 0 Å². The summed E-state index contributed by atoms with van der Waals surface area (Å²) in [5.41, 5.74) is 0. The molecule has 1 heterocycles. The van der Waals surface area contributed by atoms with Gasteiger partial charge in [0.25, 0.3) is 0 Å². The van der Waals surface area contributed by atoms with Gasteiger partial charge in [0.15, 0.2) is 16.6 Å². The minimum atomic E-state index is -1.66. The first-order valence-electron chi connectivity index (χ1n) is 8.11. The van der Waals surface area contributed by atoms with E-state index in [-0.39, 0.29) is 22.3 Å². The molecule has 1 aliphatic heterocycles. The van der Waals surface area contributed by atoms with E-state index in [0.717, 1.165) is 13.2 Å². The topological polar surface area (TPSA) is 31.0 Å². The van der Waals surface area contributed by atoms with Crippen LogP contribution in [0.3, 0.4) is 0 Å². The van der Waals surface area contributed by atoms with Gasteiger partial charge in [-0.05, 0) is 36.3 Å². The fourth-order valence-corrected chi connectivity index (χ4v) is 3.51. The van der Waals surface area contributed by atoms with Gasteiger partial charge in [0, 0.05) is 0 Å². The molecule has 0 aromatic rings. The van der Waals surface area contributed by atoms with Crippen LogP contribution >= 0.6 is 0 Å². The number of hydrogen-bond donors (Lipinski definition) is 0. The van der Waals surface area contributed by atoms with E-state index in [4.69, 9.17) is 13.6 Å². The molecule has 1 aliphatic rings. The third-order valence-corrected chi connectivity index (χ3v) is 14.5. The van der Waals surface area contributed by atoms with Gasteiger partial charge < -0.3 is 13.6 Å². The average Bonchev–Trinajstić information content (AvgIpc) is 2.99. The quantitative estimate of drug-likeness (QED) is 0.517. The van der Waals surface area contributed by atoms with Gasteiger partial charge in [0.05, 0.1) is 13.2 Å². The van der Waals surface area contributed by atoms with Crippen LogP contribution in [0.5, 0.6) is 0 Å². The van der Waals surface area contributed by atoms with Crippen LogP contribution in [0.4, 0.5) is 0 Å². The fourth-order valence-electron chi connectivity index (χ4n) is 1.49. The standard InChI is InChI=1S/C16H36O3Si2/c1-15(2,3)20(7,8)17-11-13-14(19-13)12-18-21(9,10)16(4,5)6/h13-14H,11-12H2,1-10H3/t13-,14+. The van der Waals surface area contributed by atoms with Crippen molar-refractivity contribution in [1.82, 2.24) is 0 Å². The summed E-state index contributed by atoms with van der Waals surface area (Å²) in [7, 11) is -3.32. The molecule has 0 amide bonds. The third kappa shape index (κ3) is 5.17. The molecule has 21 heavy (non-hydrogen) atoms. The molecule has 0 spiro atoms. The Balaban J connectivity index is 2.34. The summed E-state index contributed by atoms with van der Waals surface area (Å²) < 4.78 is 18.2. The Kier molecular flexibility index (Phi) is 5.60. The second-order valence-corrected chi connectivity index (χ2v) is 19.0. The van der Waals surface area contributed by atoms with Crippen molar-refractivity contribution in [2.75, 3.05) is 13.2 Å². The van der Waals surface area contributed by atoms with Crippen LogP contribution in [0.1, 0.15) is 41.5 Å². The van der Waals surface area contributed by atoms with Crippen molar-refractivity contribution in [1.29, 1.82) is 0 Å². The summed E-state index contributed by atoms with van der Waals surface area (Å²) >= 11 is 0. The lowest BCUT2D eigenvalue weighted by Gasteiger charge is -2.36. The predicted molar refractivity (Wildman–Crippen MR) is 95.0 cm³/mol. The first kappa shape index (κ1) is 19.4. The summed E-state index contributed by atoms with van der Waals surface area (Å²) in [5.74, 6) is 0. The summed E-state index contributed by atoms with van der Waals surface area (Å²) in [4.78, 5) is 0. The fraction of sp³-hybridized carbons (Fsp3) is 1.00. The zero-order valence-electron chi connectivity index (χ0n) is 15.8. The number of rotatable bonds is 6. The Morgan fingerprint density at radius 2 is 1.00 bits per heavy atom. The van der Waals surface area contributed by atoms with Crippen LogP contribution in [-0.2, 0) is 13.6 Å². The van der Waals surface area contributed by atoms with Crippen LogP contribution in [-0.4, -0.2) is 42.1 Å². The van der Waals surface area contributed by atoms with E-state index in [9.17, 15) is 0 Å². The Morgan fingerprint density at radius 3 is 1.24 bits per heavy atom. The van der Waals surface area contributed by atoms with Crippen molar-refractivity contribution < 1.29 is 13.6 Å². The molecule has 0 aliphatic carbocycles. The molecule has 3 nitrogen and oxygen atoms in total. The van der Waals surface area contributed by atoms with Crippen molar-refractivity contribution in [2.45, 2.75) is 90.0 Å². The van der Waals surface area contributed by atoms with Gasteiger partial charge in [-0.2, -0.15) is 0 Å². The Morgan fingerprint density at radius 1 is 0.714 bits per heavy atom. The van der Waals surface area contributed by atoms with Crippen LogP contribution in [0.2, 0.25) is 36.3 Å². The second-order valence-electron chi connectivity index (χ2n) is 9.36. The van der Waals surface area contributed by atoms with Gasteiger partial charge in [-0.15, -0.1) is 0 Å². The molecule has 2 atom stereocenters. The van der Waals surface area contributed by atoms with E-state index < -0.39 is 16.6 Å². The van der Waals surface area contributed by atoms with Crippen LogP contribution in [0.25, 0.3) is 0 Å². The third-order valence-electron chi connectivity index (χ3n) is 5.52. The average molecular weight is 333 g/mol. The van der Waals surface area contributed by atoms with Crippen LogP contribution < -0.4 is 0 Å². The van der Waals surface area contributed by atoms with Crippen LogP contribution in [0.15, 0.2) is 0 Å². The van der Waals surface area contributed by atoms with Gasteiger partial charge in [0.2, 0.25) is 0 Å². The van der Waals surface area contributed by atoms with Crippen molar-refractivity contribution in [3.05, 3.63) is 0 Å². The maximum Gasteiger partial charge on any atom is 0.192 e. The largest absolute Gasteiger partial charge is 0.414 e. The van der Waals surface area contributed by atoms with Crippen molar-refractivity contribution in [2.24, 2.45) is 0 Å². The second kappa shape index (κ2) is 6.08. The Labute approximate surface area is 134 Å². The van der Waals surface area contributed by atoms with E-state index in [0.29, 0.717) is 0 Å². The number of ether oxygens (including phenoxy) is 1. The van der Waals surface area contributed by atoms with Crippen molar-refractivity contribution in [3.63, 3.8) is 0 Å². The summed E-state index contributed by atoms with van der Waals surface area (Å²) in [6, 6.07) is 0. The lowest BCUT2D eigenvalue weighted by Crippen LogP contribution is -2.42. The lowest BCUT2D eigenvalue weighted by molar-refractivity contribution is 0.228. The monoisotopic (exact) mass is 332 g/mol. The summed E-state index contributed by atoms with van der Waals surface area (Å²) in [6.07, 6.45) is 0.479. The van der Waals surface area contributed by atoms with Crippen molar-refractivity contribution >= 4 is 16.6 Å². The molecule has 0 bridgehead atoms. The molecule has 1 fully saturated rings. The zero-order valence-corrected chi connectivity index (χ0v) is 17.8. The molecular formula is C16H36O3Si2. The first-order chi connectivity index (χ1) is 9.17. The highest BCUT2D eigenvalue weighted by Gasteiger charge is 2.45. The van der Waals surface area contributed by atoms with Gasteiger partial charge >= 0.3 is 0 Å². The van der Waals surface area contributed by atoms with Gasteiger partial charge in [-0.3, -0.25) is 0 Å². The molecule has 5 heteroatoms. The Bertz CT molecular complexity index is 320. The molecule has 1 saturated heterocycles. The molecule has 0 N–H and O–H groups in total. The SMILES string of the molecule is CC(C)(C)[Si](C)(C)OC[C@@H]1O[C@@H]1CO[Si](C)(C)C(C)(C)C. The summed E-state index contributed by atoms with van der Waals surface area (Å²) in [5, 5.41) is 0.518.